The molecule has 0 radical (unpaired) electrons. The van der Waals surface area contributed by atoms with Crippen LogP contribution in [0.1, 0.15) is 22.8 Å². The highest BCUT2D eigenvalue weighted by Gasteiger charge is 2.40. The van der Waals surface area contributed by atoms with Crippen LogP contribution in [0.25, 0.3) is 0 Å². The second-order valence-corrected chi connectivity index (χ2v) is 10.8. The van der Waals surface area contributed by atoms with Crippen molar-refractivity contribution in [3.63, 3.8) is 0 Å². The van der Waals surface area contributed by atoms with Gasteiger partial charge in [-0.15, -0.1) is 0 Å². The van der Waals surface area contributed by atoms with Crippen LogP contribution in [0.15, 0.2) is 24.3 Å². The lowest BCUT2D eigenvalue weighted by Crippen LogP contribution is -2.34. The van der Waals surface area contributed by atoms with Gasteiger partial charge in [0.05, 0.1) is 6.61 Å². The van der Waals surface area contributed by atoms with Crippen LogP contribution < -0.4 is 0 Å². The number of alkyl halides is 2. The lowest BCUT2D eigenvalue weighted by atomic mass is 10.0. The van der Waals surface area contributed by atoms with Gasteiger partial charge in [0.2, 0.25) is 0 Å². The van der Waals surface area contributed by atoms with Crippen molar-refractivity contribution in [1.29, 1.82) is 0 Å². The van der Waals surface area contributed by atoms with E-state index in [1.807, 2.05) is 19.6 Å². The minimum absolute atomic E-state index is 0.00352. The molecule has 0 fully saturated rings. The minimum Gasteiger partial charge on any atom is -0.462 e. The molecule has 3 nitrogen and oxygen atoms in total. The summed E-state index contributed by atoms with van der Waals surface area (Å²) < 4.78 is 31.8. The fourth-order valence-electron chi connectivity index (χ4n) is 1.82. The summed E-state index contributed by atoms with van der Waals surface area (Å²) in [6.45, 7) is 7.07. The van der Waals surface area contributed by atoms with Crippen molar-refractivity contribution in [2.45, 2.75) is 38.9 Å². The largest absolute Gasteiger partial charge is 0.462 e. The number of hydrogen-bond donors (Lipinski definition) is 0. The van der Waals surface area contributed by atoms with Crippen molar-refractivity contribution in [2.75, 3.05) is 6.61 Å². The Balaban J connectivity index is 2.96. The first-order chi connectivity index (χ1) is 9.58. The molecule has 0 aliphatic rings. The van der Waals surface area contributed by atoms with Gasteiger partial charge in [-0.2, -0.15) is 8.78 Å². The molecule has 0 heterocycles. The van der Waals surface area contributed by atoms with E-state index in [1.165, 1.54) is 19.1 Å². The molecule has 0 saturated carbocycles. The molecule has 0 unspecified atom stereocenters. The number of rotatable bonds is 6. The van der Waals surface area contributed by atoms with E-state index in [-0.39, 0.29) is 17.6 Å². The molecule has 1 rings (SSSR count). The maximum Gasteiger partial charge on any atom is 0.377 e. The van der Waals surface area contributed by atoms with Gasteiger partial charge in [0, 0.05) is 12.0 Å². The van der Waals surface area contributed by atoms with Gasteiger partial charge < -0.3 is 9.53 Å². The van der Waals surface area contributed by atoms with E-state index in [2.05, 4.69) is 4.74 Å². The molecular weight excluding hydrogens is 294 g/mol. The highest BCUT2D eigenvalue weighted by atomic mass is 28.3. The fourth-order valence-corrected chi connectivity index (χ4v) is 2.84. The van der Waals surface area contributed by atoms with E-state index >= 15 is 0 Å². The van der Waals surface area contributed by atoms with Crippen LogP contribution in [0.2, 0.25) is 19.6 Å². The van der Waals surface area contributed by atoms with Gasteiger partial charge in [0.25, 0.3) is 0 Å². The predicted octanol–water partition coefficient (Wildman–Crippen LogP) is 3.49. The third kappa shape index (κ3) is 4.73. The van der Waals surface area contributed by atoms with Crippen LogP contribution in [-0.4, -0.2) is 32.0 Å². The maximum absolute atomic E-state index is 13.7. The summed E-state index contributed by atoms with van der Waals surface area (Å²) in [6, 6.07) is 6.10. The Hall–Kier alpha value is -1.56. The fraction of sp³-hybridized carbons (Fsp3) is 0.467. The summed E-state index contributed by atoms with van der Waals surface area (Å²) in [6.07, 6.45) is -0.765. The second kappa shape index (κ2) is 6.47. The zero-order valence-electron chi connectivity index (χ0n) is 12.7. The van der Waals surface area contributed by atoms with Crippen molar-refractivity contribution in [3.05, 3.63) is 35.4 Å². The molecule has 1 aromatic carbocycles. The quantitative estimate of drug-likeness (QED) is 0.596. The van der Waals surface area contributed by atoms with Crippen LogP contribution >= 0.6 is 0 Å². The summed E-state index contributed by atoms with van der Waals surface area (Å²) in [5.41, 5.74) is 0.670. The van der Waals surface area contributed by atoms with Gasteiger partial charge >= 0.3 is 11.9 Å². The van der Waals surface area contributed by atoms with Crippen molar-refractivity contribution < 1.29 is 23.1 Å². The van der Waals surface area contributed by atoms with Crippen LogP contribution in [-0.2, 0) is 16.0 Å². The van der Waals surface area contributed by atoms with E-state index in [4.69, 9.17) is 0 Å². The second-order valence-electron chi connectivity index (χ2n) is 5.88. The van der Waals surface area contributed by atoms with E-state index < -0.39 is 26.4 Å². The number of benzene rings is 1. The summed E-state index contributed by atoms with van der Waals surface area (Å²) in [5.74, 6) is -5.12. The van der Waals surface area contributed by atoms with Crippen molar-refractivity contribution in [1.82, 2.24) is 0 Å². The highest BCUT2D eigenvalue weighted by molar-refractivity contribution is 7.05. The van der Waals surface area contributed by atoms with Crippen LogP contribution in [0.4, 0.5) is 8.78 Å². The van der Waals surface area contributed by atoms with Crippen LogP contribution in [0.3, 0.4) is 0 Å². The van der Waals surface area contributed by atoms with Crippen molar-refractivity contribution in [3.8, 4) is 0 Å². The number of ether oxygens (including phenoxy) is 1. The van der Waals surface area contributed by atoms with Gasteiger partial charge in [-0.25, -0.2) is 4.79 Å². The third-order valence-electron chi connectivity index (χ3n) is 2.87. The van der Waals surface area contributed by atoms with E-state index in [1.54, 1.807) is 12.1 Å². The lowest BCUT2D eigenvalue weighted by Gasteiger charge is -2.17. The molecule has 0 N–H and O–H groups in total. The first-order valence-electron chi connectivity index (χ1n) is 6.76. The Morgan fingerprint density at radius 1 is 1.24 bits per heavy atom. The molecule has 0 aliphatic heterocycles. The number of carbonyl (C=O) groups excluding carboxylic acids is 2. The molecule has 6 heteroatoms. The third-order valence-corrected chi connectivity index (χ3v) is 4.52. The Bertz CT molecular complexity index is 536. The standard InChI is InChI=1S/C15H20F2O3Si/c1-5-20-14(19)15(16,17)10-11-7-6-8-12(9-11)13(18)21(2,3)4/h6-9H,5,10H2,1-4H3. The Labute approximate surface area is 124 Å². The molecule has 0 aromatic heterocycles. The number of hydrogen-bond acceptors (Lipinski definition) is 3. The van der Waals surface area contributed by atoms with E-state index in [0.29, 0.717) is 5.56 Å². The van der Waals surface area contributed by atoms with Gasteiger partial charge in [-0.05, 0) is 18.6 Å². The molecule has 0 amide bonds. The molecule has 0 saturated heterocycles. The lowest BCUT2D eigenvalue weighted by molar-refractivity contribution is -0.171. The van der Waals surface area contributed by atoms with Gasteiger partial charge in [-0.3, -0.25) is 0 Å². The Morgan fingerprint density at radius 2 is 1.86 bits per heavy atom. The molecule has 1 aromatic rings. The predicted molar refractivity (Wildman–Crippen MR) is 79.4 cm³/mol. The summed E-state index contributed by atoms with van der Waals surface area (Å²) >= 11 is 0. The smallest absolute Gasteiger partial charge is 0.377 e. The topological polar surface area (TPSA) is 43.4 Å². The van der Waals surface area contributed by atoms with Gasteiger partial charge in [0.1, 0.15) is 13.5 Å². The van der Waals surface area contributed by atoms with Crippen molar-refractivity contribution >= 4 is 19.4 Å². The number of esters is 1. The van der Waals surface area contributed by atoms with Gasteiger partial charge in [-0.1, -0.05) is 37.8 Å². The van der Waals surface area contributed by atoms with Gasteiger partial charge in [0.15, 0.2) is 0 Å². The monoisotopic (exact) mass is 314 g/mol. The average Bonchev–Trinajstić information content (AvgIpc) is 2.36. The SMILES string of the molecule is CCOC(=O)C(F)(F)Cc1cccc(C(=O)[Si](C)(C)C)c1. The molecule has 0 aliphatic carbocycles. The maximum atomic E-state index is 13.7. The Kier molecular flexibility index (Phi) is 5.39. The zero-order chi connectivity index (χ0) is 16.3. The molecule has 116 valence electrons. The van der Waals surface area contributed by atoms with E-state index in [0.717, 1.165) is 0 Å². The molecule has 21 heavy (non-hydrogen) atoms. The first-order valence-corrected chi connectivity index (χ1v) is 10.3. The average molecular weight is 314 g/mol. The van der Waals surface area contributed by atoms with Crippen LogP contribution in [0, 0.1) is 0 Å². The highest BCUT2D eigenvalue weighted by Crippen LogP contribution is 2.23. The summed E-state index contributed by atoms with van der Waals surface area (Å²) in [7, 11) is -2.04. The normalized spacial score (nSPS) is 12.1. The van der Waals surface area contributed by atoms with Crippen molar-refractivity contribution in [2.24, 2.45) is 0 Å². The Morgan fingerprint density at radius 3 is 2.38 bits per heavy atom. The summed E-state index contributed by atoms with van der Waals surface area (Å²) in [5, 5.41) is 0.00352. The zero-order valence-corrected chi connectivity index (χ0v) is 13.7. The van der Waals surface area contributed by atoms with E-state index in [9.17, 15) is 18.4 Å². The molecule has 0 atom stereocenters. The van der Waals surface area contributed by atoms with Crippen LogP contribution in [0.5, 0.6) is 0 Å². The molecule has 0 spiro atoms. The number of halogens is 2. The minimum atomic E-state index is -3.59. The first kappa shape index (κ1) is 17.5. The summed E-state index contributed by atoms with van der Waals surface area (Å²) in [4.78, 5) is 23.4. The molecule has 0 bridgehead atoms. The number of carbonyl (C=O) groups is 2. The molecular formula is C15H20F2O3Si.